The van der Waals surface area contributed by atoms with Gasteiger partial charge in [-0.3, -0.25) is 14.5 Å². The monoisotopic (exact) mass is 400 g/mol. The van der Waals surface area contributed by atoms with E-state index in [0.29, 0.717) is 31.6 Å². The molecular formula is C20H25ClN6O. The lowest BCUT2D eigenvalue weighted by Crippen LogP contribution is -2.55. The molecule has 8 heteroatoms. The summed E-state index contributed by atoms with van der Waals surface area (Å²) in [6, 6.07) is 8.36. The number of hydrogen-bond acceptors (Lipinski definition) is 3. The van der Waals surface area contributed by atoms with Crippen LogP contribution in [0.5, 0.6) is 0 Å². The molecule has 2 fully saturated rings. The van der Waals surface area contributed by atoms with E-state index >= 15 is 0 Å². The van der Waals surface area contributed by atoms with Gasteiger partial charge < -0.3 is 15.1 Å². The SMILES string of the molecule is CCN=C(NC1CC1c1cccc(Cl)c1)N1CCN(c2cnn(C)c2)C(=O)C1. The van der Waals surface area contributed by atoms with E-state index in [1.807, 2.05) is 43.3 Å². The highest BCUT2D eigenvalue weighted by atomic mass is 35.5. The topological polar surface area (TPSA) is 65.8 Å². The van der Waals surface area contributed by atoms with Gasteiger partial charge in [0.15, 0.2) is 5.96 Å². The van der Waals surface area contributed by atoms with Gasteiger partial charge in [0.25, 0.3) is 0 Å². The van der Waals surface area contributed by atoms with Crippen LogP contribution in [-0.4, -0.2) is 58.8 Å². The van der Waals surface area contributed by atoms with Crippen LogP contribution in [0.2, 0.25) is 5.02 Å². The molecule has 1 N–H and O–H groups in total. The van der Waals surface area contributed by atoms with Crippen LogP contribution in [0.15, 0.2) is 41.7 Å². The highest BCUT2D eigenvalue weighted by molar-refractivity contribution is 6.30. The summed E-state index contributed by atoms with van der Waals surface area (Å²) >= 11 is 6.12. The molecule has 1 amide bonds. The van der Waals surface area contributed by atoms with Crippen molar-refractivity contribution in [1.29, 1.82) is 0 Å². The average Bonchev–Trinajstić information content (AvgIpc) is 3.32. The lowest BCUT2D eigenvalue weighted by molar-refractivity contribution is -0.120. The van der Waals surface area contributed by atoms with E-state index in [9.17, 15) is 4.79 Å². The third-order valence-corrected chi connectivity index (χ3v) is 5.45. The number of nitrogens with one attached hydrogen (secondary N) is 1. The molecule has 2 unspecified atom stereocenters. The molecule has 1 aromatic heterocycles. The summed E-state index contributed by atoms with van der Waals surface area (Å²) in [4.78, 5) is 21.2. The predicted molar refractivity (Wildman–Crippen MR) is 111 cm³/mol. The summed E-state index contributed by atoms with van der Waals surface area (Å²) < 4.78 is 1.71. The van der Waals surface area contributed by atoms with Crippen LogP contribution >= 0.6 is 11.6 Å². The summed E-state index contributed by atoms with van der Waals surface area (Å²) in [6.45, 7) is 4.36. The molecule has 2 aliphatic rings. The van der Waals surface area contributed by atoms with Crippen molar-refractivity contribution in [3.63, 3.8) is 0 Å². The smallest absolute Gasteiger partial charge is 0.246 e. The van der Waals surface area contributed by atoms with E-state index in [2.05, 4.69) is 21.5 Å². The summed E-state index contributed by atoms with van der Waals surface area (Å²) in [7, 11) is 1.85. The second-order valence-electron chi connectivity index (χ2n) is 7.29. The number of halogens is 1. The molecular weight excluding hydrogens is 376 g/mol. The van der Waals surface area contributed by atoms with Gasteiger partial charge >= 0.3 is 0 Å². The summed E-state index contributed by atoms with van der Waals surface area (Å²) in [5.41, 5.74) is 2.09. The van der Waals surface area contributed by atoms with E-state index < -0.39 is 0 Å². The van der Waals surface area contributed by atoms with Crippen molar-refractivity contribution in [2.45, 2.75) is 25.3 Å². The van der Waals surface area contributed by atoms with E-state index in [0.717, 1.165) is 29.6 Å². The largest absolute Gasteiger partial charge is 0.353 e. The second-order valence-corrected chi connectivity index (χ2v) is 7.72. The molecule has 2 aromatic rings. The minimum atomic E-state index is 0.0621. The van der Waals surface area contributed by atoms with Crippen LogP contribution in [-0.2, 0) is 11.8 Å². The average molecular weight is 401 g/mol. The van der Waals surface area contributed by atoms with E-state index in [1.54, 1.807) is 15.8 Å². The summed E-state index contributed by atoms with van der Waals surface area (Å²) in [6.07, 6.45) is 4.64. The molecule has 28 heavy (non-hydrogen) atoms. The fraction of sp³-hybridized carbons (Fsp3) is 0.450. The molecule has 0 radical (unpaired) electrons. The van der Waals surface area contributed by atoms with Crippen molar-refractivity contribution >= 4 is 29.2 Å². The molecule has 2 heterocycles. The fourth-order valence-corrected chi connectivity index (χ4v) is 3.89. The van der Waals surface area contributed by atoms with Gasteiger partial charge in [0, 0.05) is 49.9 Å². The zero-order valence-electron chi connectivity index (χ0n) is 16.2. The Hall–Kier alpha value is -2.54. The van der Waals surface area contributed by atoms with Gasteiger partial charge in [-0.25, -0.2) is 0 Å². The molecule has 148 valence electrons. The van der Waals surface area contributed by atoms with Crippen molar-refractivity contribution in [2.75, 3.05) is 31.1 Å². The van der Waals surface area contributed by atoms with Crippen molar-refractivity contribution in [3.05, 3.63) is 47.2 Å². The molecule has 1 aliphatic carbocycles. The first-order valence-electron chi connectivity index (χ1n) is 9.65. The number of piperazine rings is 1. The molecule has 1 saturated heterocycles. The van der Waals surface area contributed by atoms with E-state index in [4.69, 9.17) is 11.6 Å². The normalized spacial score (nSPS) is 22.5. The number of nitrogens with zero attached hydrogens (tertiary/aromatic N) is 5. The van der Waals surface area contributed by atoms with Gasteiger partial charge in [0.1, 0.15) is 6.54 Å². The number of anilines is 1. The minimum absolute atomic E-state index is 0.0621. The maximum Gasteiger partial charge on any atom is 0.246 e. The van der Waals surface area contributed by atoms with Crippen molar-refractivity contribution in [2.24, 2.45) is 12.0 Å². The minimum Gasteiger partial charge on any atom is -0.353 e. The molecule has 7 nitrogen and oxygen atoms in total. The first kappa shape index (κ1) is 18.8. The number of aromatic nitrogens is 2. The maximum absolute atomic E-state index is 12.7. The number of benzene rings is 1. The van der Waals surface area contributed by atoms with Gasteiger partial charge in [0.05, 0.1) is 11.9 Å². The van der Waals surface area contributed by atoms with Gasteiger partial charge in [-0.15, -0.1) is 0 Å². The quantitative estimate of drug-likeness (QED) is 0.631. The fourth-order valence-electron chi connectivity index (χ4n) is 3.69. The molecule has 1 aromatic carbocycles. The molecule has 1 saturated carbocycles. The van der Waals surface area contributed by atoms with Crippen LogP contribution in [0.1, 0.15) is 24.8 Å². The van der Waals surface area contributed by atoms with Gasteiger partial charge in [-0.05, 0) is 31.0 Å². The number of carbonyl (C=O) groups excluding carboxylic acids is 1. The zero-order chi connectivity index (χ0) is 19.7. The molecule has 0 spiro atoms. The number of aryl methyl sites for hydroxylation is 1. The number of carbonyl (C=O) groups is 1. The molecule has 1 aliphatic heterocycles. The lowest BCUT2D eigenvalue weighted by Gasteiger charge is -2.35. The Morgan fingerprint density at radius 2 is 2.25 bits per heavy atom. The maximum atomic E-state index is 12.7. The van der Waals surface area contributed by atoms with Gasteiger partial charge in [0.2, 0.25) is 5.91 Å². The standard InChI is InChI=1S/C20H25ClN6O/c1-3-22-20(24-18-10-17(18)14-5-4-6-15(21)9-14)26-7-8-27(19(28)13-26)16-11-23-25(2)12-16/h4-6,9,11-12,17-18H,3,7-8,10,13H2,1-2H3,(H,22,24). The first-order chi connectivity index (χ1) is 13.5. The number of amides is 1. The molecule has 4 rings (SSSR count). The van der Waals surface area contributed by atoms with Crippen LogP contribution in [0.25, 0.3) is 0 Å². The predicted octanol–water partition coefficient (Wildman–Crippen LogP) is 2.24. The Kier molecular flexibility index (Phi) is 5.26. The Bertz CT molecular complexity index is 894. The Morgan fingerprint density at radius 3 is 2.93 bits per heavy atom. The van der Waals surface area contributed by atoms with Crippen molar-refractivity contribution < 1.29 is 4.79 Å². The zero-order valence-corrected chi connectivity index (χ0v) is 16.9. The highest BCUT2D eigenvalue weighted by Gasteiger charge is 2.40. The van der Waals surface area contributed by atoms with Crippen LogP contribution in [0.3, 0.4) is 0 Å². The van der Waals surface area contributed by atoms with Crippen LogP contribution in [0.4, 0.5) is 5.69 Å². The molecule has 2 atom stereocenters. The van der Waals surface area contributed by atoms with E-state index in [-0.39, 0.29) is 5.91 Å². The summed E-state index contributed by atoms with van der Waals surface area (Å²) in [5, 5.41) is 8.49. The third kappa shape index (κ3) is 3.99. The first-order valence-corrected chi connectivity index (χ1v) is 10.0. The highest BCUT2D eigenvalue weighted by Crippen LogP contribution is 2.41. The van der Waals surface area contributed by atoms with Crippen LogP contribution < -0.4 is 10.2 Å². The Labute approximate surface area is 170 Å². The number of guanidine groups is 1. The Morgan fingerprint density at radius 1 is 1.39 bits per heavy atom. The molecule has 0 bridgehead atoms. The van der Waals surface area contributed by atoms with Gasteiger partial charge in [-0.1, -0.05) is 23.7 Å². The van der Waals surface area contributed by atoms with E-state index in [1.165, 1.54) is 5.56 Å². The van der Waals surface area contributed by atoms with Crippen LogP contribution in [0, 0.1) is 0 Å². The van der Waals surface area contributed by atoms with Gasteiger partial charge in [-0.2, -0.15) is 5.10 Å². The number of aliphatic imine (C=N–C) groups is 1. The Balaban J connectivity index is 1.39. The summed E-state index contributed by atoms with van der Waals surface area (Å²) in [5.74, 6) is 1.32. The van der Waals surface area contributed by atoms with Crippen molar-refractivity contribution in [3.8, 4) is 0 Å². The lowest BCUT2D eigenvalue weighted by atomic mass is 10.1. The second kappa shape index (κ2) is 7.83. The third-order valence-electron chi connectivity index (χ3n) is 5.21. The number of rotatable bonds is 4. The van der Waals surface area contributed by atoms with Crippen molar-refractivity contribution in [1.82, 2.24) is 20.0 Å². The number of hydrogen-bond donors (Lipinski definition) is 1.